The van der Waals surface area contributed by atoms with Gasteiger partial charge in [-0.2, -0.15) is 10.4 Å². The van der Waals surface area contributed by atoms with Gasteiger partial charge in [0.2, 0.25) is 0 Å². The highest BCUT2D eigenvalue weighted by Gasteiger charge is 2.22. The molecule has 1 aliphatic heterocycles. The summed E-state index contributed by atoms with van der Waals surface area (Å²) in [4.78, 5) is 8.77. The highest BCUT2D eigenvalue weighted by atomic mass is 15.3. The second-order valence-electron chi connectivity index (χ2n) is 5.38. The Morgan fingerprint density at radius 2 is 1.77 bits per heavy atom. The Bertz CT molecular complexity index is 699. The van der Waals surface area contributed by atoms with E-state index in [1.165, 1.54) is 0 Å². The van der Waals surface area contributed by atoms with Crippen molar-refractivity contribution in [2.24, 2.45) is 0 Å². The lowest BCUT2D eigenvalue weighted by atomic mass is 10.1. The maximum Gasteiger partial charge on any atom is 0.169 e. The van der Waals surface area contributed by atoms with Crippen LogP contribution in [-0.4, -0.2) is 41.4 Å². The molecule has 0 aliphatic carbocycles. The molecule has 0 saturated carbocycles. The molecule has 1 saturated heterocycles. The largest absolute Gasteiger partial charge is 0.353 e. The van der Waals surface area contributed by atoms with Crippen molar-refractivity contribution in [1.29, 1.82) is 5.26 Å². The summed E-state index contributed by atoms with van der Waals surface area (Å²) in [6, 6.07) is 8.21. The van der Waals surface area contributed by atoms with E-state index in [0.29, 0.717) is 11.4 Å². The first-order chi connectivity index (χ1) is 10.7. The van der Waals surface area contributed by atoms with E-state index in [1.54, 1.807) is 0 Å². The first kappa shape index (κ1) is 14.3. The third-order valence-electron chi connectivity index (χ3n) is 4.10. The van der Waals surface area contributed by atoms with Gasteiger partial charge in [-0.1, -0.05) is 6.07 Å². The molecule has 0 unspecified atom stereocenters. The summed E-state index contributed by atoms with van der Waals surface area (Å²) < 4.78 is 0. The van der Waals surface area contributed by atoms with Crippen LogP contribution in [-0.2, 0) is 0 Å². The molecule has 0 amide bonds. The lowest BCUT2D eigenvalue weighted by Crippen LogP contribution is -2.47. The molecule has 6 nitrogen and oxygen atoms in total. The van der Waals surface area contributed by atoms with Crippen molar-refractivity contribution in [2.75, 3.05) is 36.0 Å². The van der Waals surface area contributed by atoms with Crippen LogP contribution >= 0.6 is 0 Å². The van der Waals surface area contributed by atoms with Gasteiger partial charge in [0.1, 0.15) is 17.5 Å². The summed E-state index contributed by atoms with van der Waals surface area (Å²) in [5.74, 6) is 1.69. The third kappa shape index (κ3) is 2.58. The maximum absolute atomic E-state index is 9.42. The van der Waals surface area contributed by atoms with Gasteiger partial charge >= 0.3 is 0 Å². The van der Waals surface area contributed by atoms with Gasteiger partial charge in [-0.3, -0.25) is 0 Å². The number of nitrogens with zero attached hydrogens (tertiary/aromatic N) is 6. The van der Waals surface area contributed by atoms with Gasteiger partial charge in [0.15, 0.2) is 5.82 Å². The molecule has 22 heavy (non-hydrogen) atoms. The van der Waals surface area contributed by atoms with Gasteiger partial charge in [0.25, 0.3) is 0 Å². The lowest BCUT2D eigenvalue weighted by Gasteiger charge is -2.36. The van der Waals surface area contributed by atoms with Crippen LogP contribution in [0.4, 0.5) is 11.6 Å². The summed E-state index contributed by atoms with van der Waals surface area (Å²) in [6.45, 7) is 7.14. The van der Waals surface area contributed by atoms with E-state index in [1.807, 2.05) is 38.2 Å². The molecule has 1 aliphatic rings. The van der Waals surface area contributed by atoms with E-state index in [0.717, 1.165) is 43.3 Å². The number of rotatable bonds is 2. The zero-order valence-electron chi connectivity index (χ0n) is 12.8. The minimum Gasteiger partial charge on any atom is -0.353 e. The lowest BCUT2D eigenvalue weighted by molar-refractivity contribution is 0.636. The fourth-order valence-electron chi connectivity index (χ4n) is 2.64. The van der Waals surface area contributed by atoms with Crippen molar-refractivity contribution in [3.05, 3.63) is 41.2 Å². The second kappa shape index (κ2) is 5.98. The van der Waals surface area contributed by atoms with Crippen molar-refractivity contribution in [3.8, 4) is 6.07 Å². The number of aromatic nitrogens is 3. The van der Waals surface area contributed by atoms with Crippen LogP contribution in [0, 0.1) is 25.2 Å². The predicted molar refractivity (Wildman–Crippen MR) is 84.9 cm³/mol. The van der Waals surface area contributed by atoms with Crippen LogP contribution in [0.25, 0.3) is 0 Å². The highest BCUT2D eigenvalue weighted by Crippen LogP contribution is 2.23. The molecule has 0 atom stereocenters. The SMILES string of the molecule is Cc1nnc(N2CCN(c3ccccn3)CC2)c(C#N)c1C. The Balaban J connectivity index is 1.78. The molecular formula is C16H18N6. The molecule has 2 aromatic rings. The van der Waals surface area contributed by atoms with Crippen LogP contribution in [0.3, 0.4) is 0 Å². The number of hydrogen-bond acceptors (Lipinski definition) is 6. The third-order valence-corrected chi connectivity index (χ3v) is 4.10. The van der Waals surface area contributed by atoms with Crippen LogP contribution < -0.4 is 9.80 Å². The summed E-state index contributed by atoms with van der Waals surface area (Å²) in [6.07, 6.45) is 1.81. The molecule has 112 valence electrons. The zero-order chi connectivity index (χ0) is 15.5. The van der Waals surface area contributed by atoms with Crippen molar-refractivity contribution in [3.63, 3.8) is 0 Å². The van der Waals surface area contributed by atoms with Crippen molar-refractivity contribution >= 4 is 11.6 Å². The second-order valence-corrected chi connectivity index (χ2v) is 5.38. The maximum atomic E-state index is 9.42. The molecule has 0 aromatic carbocycles. The van der Waals surface area contributed by atoms with Gasteiger partial charge in [-0.15, -0.1) is 5.10 Å². The predicted octanol–water partition coefficient (Wildman–Crippen LogP) is 1.69. The number of hydrogen-bond donors (Lipinski definition) is 0. The molecule has 0 bridgehead atoms. The van der Waals surface area contributed by atoms with Gasteiger partial charge < -0.3 is 9.80 Å². The van der Waals surface area contributed by atoms with Gasteiger partial charge in [0, 0.05) is 32.4 Å². The molecule has 2 aromatic heterocycles. The molecule has 3 heterocycles. The Kier molecular flexibility index (Phi) is 3.88. The van der Waals surface area contributed by atoms with E-state index < -0.39 is 0 Å². The minimum absolute atomic E-state index is 0.638. The Hall–Kier alpha value is -2.68. The number of aryl methyl sites for hydroxylation is 1. The van der Waals surface area contributed by atoms with Gasteiger partial charge in [-0.05, 0) is 31.5 Å². The smallest absolute Gasteiger partial charge is 0.169 e. The van der Waals surface area contributed by atoms with Crippen LogP contribution in [0.2, 0.25) is 0 Å². The standard InChI is InChI=1S/C16H18N6/c1-12-13(2)19-20-16(14(12)11-17)22-9-7-21(8-10-22)15-5-3-4-6-18-15/h3-6H,7-10H2,1-2H3. The summed E-state index contributed by atoms with van der Waals surface area (Å²) in [7, 11) is 0. The Morgan fingerprint density at radius 3 is 2.41 bits per heavy atom. The summed E-state index contributed by atoms with van der Waals surface area (Å²) in [5, 5.41) is 17.8. The molecule has 3 rings (SSSR count). The average molecular weight is 294 g/mol. The Morgan fingerprint density at radius 1 is 1.05 bits per heavy atom. The monoisotopic (exact) mass is 294 g/mol. The zero-order valence-corrected chi connectivity index (χ0v) is 12.8. The van der Waals surface area contributed by atoms with E-state index in [9.17, 15) is 5.26 Å². The first-order valence-corrected chi connectivity index (χ1v) is 7.35. The first-order valence-electron chi connectivity index (χ1n) is 7.35. The van der Waals surface area contributed by atoms with Crippen molar-refractivity contribution < 1.29 is 0 Å². The van der Waals surface area contributed by atoms with Gasteiger partial charge in [0.05, 0.1) is 5.69 Å². The normalized spacial score (nSPS) is 14.8. The molecule has 0 N–H and O–H groups in total. The summed E-state index contributed by atoms with van der Waals surface area (Å²) in [5.41, 5.74) is 2.37. The quantitative estimate of drug-likeness (QED) is 0.839. The number of nitriles is 1. The average Bonchev–Trinajstić information content (AvgIpc) is 2.58. The number of piperazine rings is 1. The van der Waals surface area contributed by atoms with Gasteiger partial charge in [-0.25, -0.2) is 4.98 Å². The highest BCUT2D eigenvalue weighted by molar-refractivity contribution is 5.58. The van der Waals surface area contributed by atoms with Crippen LogP contribution in [0.5, 0.6) is 0 Å². The fraction of sp³-hybridized carbons (Fsp3) is 0.375. The number of pyridine rings is 1. The Labute approximate surface area is 130 Å². The van der Waals surface area contributed by atoms with E-state index in [4.69, 9.17) is 0 Å². The topological polar surface area (TPSA) is 68.9 Å². The fourth-order valence-corrected chi connectivity index (χ4v) is 2.64. The van der Waals surface area contributed by atoms with Crippen LogP contribution in [0.1, 0.15) is 16.8 Å². The van der Waals surface area contributed by atoms with Crippen molar-refractivity contribution in [1.82, 2.24) is 15.2 Å². The molecular weight excluding hydrogens is 276 g/mol. The van der Waals surface area contributed by atoms with E-state index in [-0.39, 0.29) is 0 Å². The summed E-state index contributed by atoms with van der Waals surface area (Å²) >= 11 is 0. The van der Waals surface area contributed by atoms with E-state index >= 15 is 0 Å². The van der Waals surface area contributed by atoms with Crippen LogP contribution in [0.15, 0.2) is 24.4 Å². The molecule has 0 radical (unpaired) electrons. The molecule has 6 heteroatoms. The molecule has 1 fully saturated rings. The molecule has 0 spiro atoms. The number of anilines is 2. The van der Waals surface area contributed by atoms with E-state index in [2.05, 4.69) is 31.1 Å². The van der Waals surface area contributed by atoms with Crippen molar-refractivity contribution in [2.45, 2.75) is 13.8 Å². The minimum atomic E-state index is 0.638.